The largest absolute Gasteiger partial charge is 0.491 e. The van der Waals surface area contributed by atoms with Crippen LogP contribution in [0.1, 0.15) is 30.6 Å². The SMILES string of the molecule is CC(C)Oc1ccc(C(=O)N[C@@H]2CC(=O)N(c3cccc(F)c3)C2)cc1. The van der Waals surface area contributed by atoms with Gasteiger partial charge in [-0.2, -0.15) is 0 Å². The van der Waals surface area contributed by atoms with E-state index in [4.69, 9.17) is 4.74 Å². The summed E-state index contributed by atoms with van der Waals surface area (Å²) < 4.78 is 18.9. The van der Waals surface area contributed by atoms with Crippen molar-refractivity contribution in [3.05, 3.63) is 59.9 Å². The Balaban J connectivity index is 1.62. The van der Waals surface area contributed by atoms with Gasteiger partial charge in [-0.1, -0.05) is 6.07 Å². The van der Waals surface area contributed by atoms with Crippen LogP contribution in [0.5, 0.6) is 5.75 Å². The lowest BCUT2D eigenvalue weighted by molar-refractivity contribution is -0.117. The molecular formula is C20H21FN2O3. The van der Waals surface area contributed by atoms with Gasteiger partial charge in [0.1, 0.15) is 11.6 Å². The van der Waals surface area contributed by atoms with Gasteiger partial charge in [-0.05, 0) is 56.3 Å². The molecule has 5 nitrogen and oxygen atoms in total. The Morgan fingerprint density at radius 2 is 1.96 bits per heavy atom. The number of nitrogens with zero attached hydrogens (tertiary/aromatic N) is 1. The van der Waals surface area contributed by atoms with Gasteiger partial charge >= 0.3 is 0 Å². The van der Waals surface area contributed by atoms with E-state index in [1.165, 1.54) is 17.0 Å². The molecule has 1 fully saturated rings. The van der Waals surface area contributed by atoms with E-state index in [0.29, 0.717) is 23.5 Å². The minimum atomic E-state index is -0.397. The van der Waals surface area contributed by atoms with Crippen LogP contribution >= 0.6 is 0 Å². The summed E-state index contributed by atoms with van der Waals surface area (Å²) in [5, 5.41) is 2.86. The van der Waals surface area contributed by atoms with Crippen molar-refractivity contribution in [2.24, 2.45) is 0 Å². The summed E-state index contributed by atoms with van der Waals surface area (Å²) >= 11 is 0. The molecule has 0 aliphatic carbocycles. The van der Waals surface area contributed by atoms with Crippen molar-refractivity contribution in [3.8, 4) is 5.75 Å². The first-order valence-electron chi connectivity index (χ1n) is 8.56. The lowest BCUT2D eigenvalue weighted by Gasteiger charge is -2.17. The summed E-state index contributed by atoms with van der Waals surface area (Å²) in [4.78, 5) is 26.1. The molecule has 1 heterocycles. The van der Waals surface area contributed by atoms with E-state index in [2.05, 4.69) is 5.32 Å². The molecule has 26 heavy (non-hydrogen) atoms. The molecule has 0 aromatic heterocycles. The zero-order chi connectivity index (χ0) is 18.7. The molecule has 0 spiro atoms. The van der Waals surface area contributed by atoms with Crippen LogP contribution in [-0.2, 0) is 4.79 Å². The Labute approximate surface area is 151 Å². The minimum absolute atomic E-state index is 0.0629. The molecule has 2 aromatic carbocycles. The second-order valence-corrected chi connectivity index (χ2v) is 6.55. The van der Waals surface area contributed by atoms with E-state index in [0.717, 1.165) is 0 Å². The number of amides is 2. The molecular weight excluding hydrogens is 335 g/mol. The number of nitrogens with one attached hydrogen (secondary N) is 1. The predicted molar refractivity (Wildman–Crippen MR) is 96.8 cm³/mol. The molecule has 1 atom stereocenters. The molecule has 1 N–H and O–H groups in total. The van der Waals surface area contributed by atoms with Gasteiger partial charge < -0.3 is 15.0 Å². The number of rotatable bonds is 5. The summed E-state index contributed by atoms with van der Waals surface area (Å²) in [7, 11) is 0. The smallest absolute Gasteiger partial charge is 0.251 e. The zero-order valence-electron chi connectivity index (χ0n) is 14.7. The summed E-state index contributed by atoms with van der Waals surface area (Å²) in [5.41, 5.74) is 1.000. The van der Waals surface area contributed by atoms with E-state index in [9.17, 15) is 14.0 Å². The van der Waals surface area contributed by atoms with Crippen LogP contribution < -0.4 is 15.0 Å². The Hall–Kier alpha value is -2.89. The molecule has 6 heteroatoms. The van der Waals surface area contributed by atoms with Crippen molar-refractivity contribution in [1.29, 1.82) is 0 Å². The monoisotopic (exact) mass is 356 g/mol. The average Bonchev–Trinajstić information content (AvgIpc) is 2.95. The van der Waals surface area contributed by atoms with E-state index in [-0.39, 0.29) is 30.4 Å². The van der Waals surface area contributed by atoms with Gasteiger partial charge in [0.2, 0.25) is 5.91 Å². The summed E-state index contributed by atoms with van der Waals surface area (Å²) in [6.07, 6.45) is 0.254. The quantitative estimate of drug-likeness (QED) is 0.895. The zero-order valence-corrected chi connectivity index (χ0v) is 14.7. The lowest BCUT2D eigenvalue weighted by atomic mass is 10.1. The molecule has 3 rings (SSSR count). The molecule has 0 unspecified atom stereocenters. The van der Waals surface area contributed by atoms with Gasteiger partial charge in [0.05, 0.1) is 12.1 Å². The fraction of sp³-hybridized carbons (Fsp3) is 0.300. The molecule has 2 aromatic rings. The van der Waals surface area contributed by atoms with Crippen molar-refractivity contribution in [1.82, 2.24) is 5.32 Å². The molecule has 1 saturated heterocycles. The molecule has 0 radical (unpaired) electrons. The fourth-order valence-electron chi connectivity index (χ4n) is 2.92. The third-order valence-electron chi connectivity index (χ3n) is 4.07. The summed E-state index contributed by atoms with van der Waals surface area (Å²) in [6.45, 7) is 4.19. The number of carbonyl (C=O) groups is 2. The highest BCUT2D eigenvalue weighted by atomic mass is 19.1. The van der Waals surface area contributed by atoms with Crippen molar-refractivity contribution in [3.63, 3.8) is 0 Å². The van der Waals surface area contributed by atoms with Crippen LogP contribution in [0.25, 0.3) is 0 Å². The van der Waals surface area contributed by atoms with E-state index < -0.39 is 5.82 Å². The second-order valence-electron chi connectivity index (χ2n) is 6.55. The van der Waals surface area contributed by atoms with Crippen LogP contribution in [0.4, 0.5) is 10.1 Å². The molecule has 0 bridgehead atoms. The second kappa shape index (κ2) is 7.56. The van der Waals surface area contributed by atoms with Gasteiger partial charge in [0.15, 0.2) is 0 Å². The number of benzene rings is 2. The standard InChI is InChI=1S/C20H21FN2O3/c1-13(2)26-18-8-6-14(7-9-18)20(25)22-16-11-19(24)23(12-16)17-5-3-4-15(21)10-17/h3-10,13,16H,11-12H2,1-2H3,(H,22,25)/t16-/m1/s1. The van der Waals surface area contributed by atoms with E-state index >= 15 is 0 Å². The number of anilines is 1. The topological polar surface area (TPSA) is 58.6 Å². The van der Waals surface area contributed by atoms with Crippen LogP contribution in [0.15, 0.2) is 48.5 Å². The van der Waals surface area contributed by atoms with E-state index in [1.807, 2.05) is 13.8 Å². The highest BCUT2D eigenvalue weighted by Crippen LogP contribution is 2.22. The first kappa shape index (κ1) is 17.9. The lowest BCUT2D eigenvalue weighted by Crippen LogP contribution is -2.37. The maximum Gasteiger partial charge on any atom is 0.251 e. The number of halogens is 1. The van der Waals surface area contributed by atoms with Crippen molar-refractivity contribution in [2.45, 2.75) is 32.4 Å². The highest BCUT2D eigenvalue weighted by Gasteiger charge is 2.31. The summed E-state index contributed by atoms with van der Waals surface area (Å²) in [6, 6.07) is 12.4. The van der Waals surface area contributed by atoms with Gasteiger partial charge in [-0.15, -0.1) is 0 Å². The van der Waals surface area contributed by atoms with Gasteiger partial charge in [-0.25, -0.2) is 4.39 Å². The van der Waals surface area contributed by atoms with Crippen LogP contribution in [0.3, 0.4) is 0 Å². The molecule has 1 aliphatic rings. The number of ether oxygens (including phenoxy) is 1. The van der Waals surface area contributed by atoms with Gasteiger partial charge in [0, 0.05) is 24.2 Å². The maximum absolute atomic E-state index is 13.4. The third-order valence-corrected chi connectivity index (χ3v) is 4.07. The number of hydrogen-bond acceptors (Lipinski definition) is 3. The summed E-state index contributed by atoms with van der Waals surface area (Å²) in [5.74, 6) is -0.0852. The number of hydrogen-bond donors (Lipinski definition) is 1. The Morgan fingerprint density at radius 1 is 1.23 bits per heavy atom. The highest BCUT2D eigenvalue weighted by molar-refractivity contribution is 5.99. The van der Waals surface area contributed by atoms with Crippen molar-refractivity contribution in [2.75, 3.05) is 11.4 Å². The van der Waals surface area contributed by atoms with Crippen molar-refractivity contribution < 1.29 is 18.7 Å². The first-order chi connectivity index (χ1) is 12.4. The first-order valence-corrected chi connectivity index (χ1v) is 8.56. The maximum atomic E-state index is 13.4. The Bertz CT molecular complexity index is 805. The van der Waals surface area contributed by atoms with Crippen LogP contribution in [-0.4, -0.2) is 30.5 Å². The Kier molecular flexibility index (Phi) is 5.21. The molecule has 0 saturated carbocycles. The van der Waals surface area contributed by atoms with Crippen molar-refractivity contribution >= 4 is 17.5 Å². The molecule has 1 aliphatic heterocycles. The van der Waals surface area contributed by atoms with E-state index in [1.54, 1.807) is 36.4 Å². The third kappa shape index (κ3) is 4.20. The average molecular weight is 356 g/mol. The predicted octanol–water partition coefficient (Wildman–Crippen LogP) is 3.15. The van der Waals surface area contributed by atoms with Crippen LogP contribution in [0, 0.1) is 5.82 Å². The number of carbonyl (C=O) groups excluding carboxylic acids is 2. The van der Waals surface area contributed by atoms with Crippen LogP contribution in [0.2, 0.25) is 0 Å². The minimum Gasteiger partial charge on any atom is -0.491 e. The normalized spacial score (nSPS) is 16.8. The Morgan fingerprint density at radius 3 is 2.62 bits per heavy atom. The molecule has 136 valence electrons. The van der Waals surface area contributed by atoms with Gasteiger partial charge in [-0.3, -0.25) is 9.59 Å². The molecule has 2 amide bonds. The van der Waals surface area contributed by atoms with Gasteiger partial charge in [0.25, 0.3) is 5.91 Å². The fourth-order valence-corrected chi connectivity index (χ4v) is 2.92.